The van der Waals surface area contributed by atoms with Crippen LogP contribution in [0.4, 0.5) is 4.39 Å². The van der Waals surface area contributed by atoms with Crippen LogP contribution in [0.2, 0.25) is 0 Å². The molecule has 1 N–H and O–H groups in total. The van der Waals surface area contributed by atoms with Gasteiger partial charge < -0.3 is 19.2 Å². The quantitative estimate of drug-likeness (QED) is 0.697. The summed E-state index contributed by atoms with van der Waals surface area (Å²) in [6, 6.07) is 9.74. The van der Waals surface area contributed by atoms with Crippen LogP contribution in [0, 0.1) is 5.82 Å². The van der Waals surface area contributed by atoms with E-state index >= 15 is 0 Å². The average molecular weight is 343 g/mol. The monoisotopic (exact) mass is 343 g/mol. The van der Waals surface area contributed by atoms with Crippen molar-refractivity contribution in [1.82, 2.24) is 4.98 Å². The van der Waals surface area contributed by atoms with Gasteiger partial charge in [0.05, 0.1) is 24.6 Å². The van der Waals surface area contributed by atoms with Crippen LogP contribution in [0.1, 0.15) is 0 Å². The highest BCUT2D eigenvalue weighted by atomic mass is 19.1. The first-order valence-corrected chi connectivity index (χ1v) is 7.75. The van der Waals surface area contributed by atoms with Crippen molar-refractivity contribution in [2.24, 2.45) is 0 Å². The first-order valence-electron chi connectivity index (χ1n) is 7.75. The number of ether oxygens (including phenoxy) is 3. The molecule has 0 aliphatic heterocycles. The Morgan fingerprint density at radius 2 is 1.80 bits per heavy atom. The summed E-state index contributed by atoms with van der Waals surface area (Å²) in [5.74, 6) is 0.499. The highest BCUT2D eigenvalue weighted by Crippen LogP contribution is 2.27. The number of benzene rings is 2. The van der Waals surface area contributed by atoms with Gasteiger partial charge in [0.15, 0.2) is 5.43 Å². The van der Waals surface area contributed by atoms with Crippen LogP contribution >= 0.6 is 0 Å². The summed E-state index contributed by atoms with van der Waals surface area (Å²) < 4.78 is 29.9. The third-order valence-corrected chi connectivity index (χ3v) is 3.89. The van der Waals surface area contributed by atoms with Gasteiger partial charge in [-0.25, -0.2) is 4.39 Å². The molecule has 0 atom stereocenters. The van der Waals surface area contributed by atoms with E-state index in [9.17, 15) is 9.18 Å². The van der Waals surface area contributed by atoms with Crippen LogP contribution in [0.5, 0.6) is 11.5 Å². The molecule has 3 rings (SSSR count). The van der Waals surface area contributed by atoms with Crippen molar-refractivity contribution >= 4 is 10.9 Å². The minimum Gasteiger partial charge on any atom is -0.497 e. The van der Waals surface area contributed by atoms with E-state index in [0.717, 1.165) is 0 Å². The van der Waals surface area contributed by atoms with Crippen LogP contribution in [0.15, 0.2) is 47.4 Å². The minimum atomic E-state index is -0.592. The Hall–Kier alpha value is -2.86. The van der Waals surface area contributed by atoms with Gasteiger partial charge in [0.25, 0.3) is 0 Å². The van der Waals surface area contributed by atoms with Crippen LogP contribution in [0.3, 0.4) is 0 Å². The van der Waals surface area contributed by atoms with E-state index in [1.54, 1.807) is 44.7 Å². The third-order valence-electron chi connectivity index (χ3n) is 3.89. The van der Waals surface area contributed by atoms with Gasteiger partial charge in [-0.05, 0) is 29.8 Å². The first-order chi connectivity index (χ1) is 12.2. The Labute approximate surface area is 144 Å². The lowest BCUT2D eigenvalue weighted by Gasteiger charge is -2.11. The van der Waals surface area contributed by atoms with Gasteiger partial charge in [-0.2, -0.15) is 0 Å². The molecular weight excluding hydrogens is 325 g/mol. The SMILES string of the molecule is COCCOc1ccc(F)c2c(=O)c(-c3ccc(OC)cc3)c[nH]c12. The molecule has 0 saturated carbocycles. The van der Waals surface area contributed by atoms with Crippen molar-refractivity contribution in [1.29, 1.82) is 0 Å². The summed E-state index contributed by atoms with van der Waals surface area (Å²) in [6.45, 7) is 0.701. The maximum absolute atomic E-state index is 14.3. The summed E-state index contributed by atoms with van der Waals surface area (Å²) in [5, 5.41) is -0.0248. The topological polar surface area (TPSA) is 60.6 Å². The molecule has 0 spiro atoms. The molecule has 130 valence electrons. The maximum atomic E-state index is 14.3. The smallest absolute Gasteiger partial charge is 0.200 e. The van der Waals surface area contributed by atoms with Crippen molar-refractivity contribution in [2.75, 3.05) is 27.4 Å². The van der Waals surface area contributed by atoms with Crippen molar-refractivity contribution in [3.63, 3.8) is 0 Å². The molecule has 0 unspecified atom stereocenters. The van der Waals surface area contributed by atoms with E-state index < -0.39 is 11.2 Å². The van der Waals surface area contributed by atoms with Gasteiger partial charge in [0, 0.05) is 18.9 Å². The lowest BCUT2D eigenvalue weighted by Crippen LogP contribution is -2.10. The molecule has 25 heavy (non-hydrogen) atoms. The molecule has 0 bridgehead atoms. The maximum Gasteiger partial charge on any atom is 0.200 e. The van der Waals surface area contributed by atoms with Crippen molar-refractivity contribution < 1.29 is 18.6 Å². The van der Waals surface area contributed by atoms with E-state index in [4.69, 9.17) is 14.2 Å². The lowest BCUT2D eigenvalue weighted by molar-refractivity contribution is 0.147. The molecule has 2 aromatic carbocycles. The van der Waals surface area contributed by atoms with Crippen LogP contribution in [-0.4, -0.2) is 32.4 Å². The van der Waals surface area contributed by atoms with E-state index in [1.807, 2.05) is 0 Å². The Morgan fingerprint density at radius 1 is 1.04 bits per heavy atom. The molecule has 5 nitrogen and oxygen atoms in total. The first kappa shape index (κ1) is 17.0. The van der Waals surface area contributed by atoms with E-state index in [1.165, 1.54) is 12.1 Å². The Kier molecular flexibility index (Phi) is 5.00. The summed E-state index contributed by atoms with van der Waals surface area (Å²) >= 11 is 0. The summed E-state index contributed by atoms with van der Waals surface area (Å²) in [7, 11) is 3.13. The van der Waals surface area contributed by atoms with Gasteiger partial charge in [0.1, 0.15) is 23.9 Å². The Morgan fingerprint density at radius 3 is 2.48 bits per heavy atom. The van der Waals surface area contributed by atoms with E-state index in [2.05, 4.69) is 4.98 Å². The van der Waals surface area contributed by atoms with Gasteiger partial charge >= 0.3 is 0 Å². The molecule has 6 heteroatoms. The fraction of sp³-hybridized carbons (Fsp3) is 0.211. The highest BCUT2D eigenvalue weighted by molar-refractivity contribution is 5.88. The van der Waals surface area contributed by atoms with Crippen molar-refractivity contribution in [3.8, 4) is 22.6 Å². The number of pyridine rings is 1. The molecule has 3 aromatic rings. The predicted molar refractivity (Wildman–Crippen MR) is 93.9 cm³/mol. The number of fused-ring (bicyclic) bond motifs is 1. The molecule has 0 fully saturated rings. The second-order valence-electron chi connectivity index (χ2n) is 5.40. The van der Waals surface area contributed by atoms with E-state index in [-0.39, 0.29) is 5.39 Å². The van der Waals surface area contributed by atoms with Crippen molar-refractivity contribution in [3.05, 3.63) is 58.6 Å². The van der Waals surface area contributed by atoms with Gasteiger partial charge in [-0.3, -0.25) is 4.79 Å². The van der Waals surface area contributed by atoms with Crippen LogP contribution in [-0.2, 0) is 4.74 Å². The molecule has 0 radical (unpaired) electrons. The standard InChI is InChI=1S/C19H18FNO4/c1-23-9-10-25-16-8-7-15(20)17-18(16)21-11-14(19(17)22)12-3-5-13(24-2)6-4-12/h3-8,11H,9-10H2,1-2H3,(H,21,22). The largest absolute Gasteiger partial charge is 0.497 e. The number of hydrogen-bond donors (Lipinski definition) is 1. The van der Waals surface area contributed by atoms with Gasteiger partial charge in [0.2, 0.25) is 0 Å². The number of aromatic amines is 1. The highest BCUT2D eigenvalue weighted by Gasteiger charge is 2.15. The van der Waals surface area contributed by atoms with Crippen molar-refractivity contribution in [2.45, 2.75) is 0 Å². The third kappa shape index (κ3) is 3.34. The zero-order valence-corrected chi connectivity index (χ0v) is 14.0. The zero-order chi connectivity index (χ0) is 17.8. The molecule has 1 heterocycles. The number of halogens is 1. The second-order valence-corrected chi connectivity index (χ2v) is 5.40. The molecule has 0 saturated heterocycles. The number of rotatable bonds is 6. The fourth-order valence-electron chi connectivity index (χ4n) is 2.61. The molecule has 0 aliphatic rings. The lowest BCUT2D eigenvalue weighted by atomic mass is 10.0. The number of methoxy groups -OCH3 is 2. The number of H-pyrrole nitrogens is 1. The van der Waals surface area contributed by atoms with Crippen LogP contribution in [0.25, 0.3) is 22.0 Å². The normalized spacial score (nSPS) is 10.8. The zero-order valence-electron chi connectivity index (χ0n) is 14.0. The Bertz CT molecular complexity index is 935. The number of hydrogen-bond acceptors (Lipinski definition) is 4. The number of aromatic nitrogens is 1. The molecule has 1 aromatic heterocycles. The minimum absolute atomic E-state index is 0.0248. The summed E-state index contributed by atoms with van der Waals surface area (Å²) in [5.41, 5.74) is 0.990. The van der Waals surface area contributed by atoms with Gasteiger partial charge in [-0.1, -0.05) is 12.1 Å². The molecular formula is C19H18FNO4. The average Bonchev–Trinajstić information content (AvgIpc) is 2.64. The predicted octanol–water partition coefficient (Wildman–Crippen LogP) is 3.37. The second kappa shape index (κ2) is 7.36. The molecule has 0 amide bonds. The number of nitrogens with one attached hydrogen (secondary N) is 1. The summed E-state index contributed by atoms with van der Waals surface area (Å²) in [6.07, 6.45) is 1.56. The van der Waals surface area contributed by atoms with Gasteiger partial charge in [-0.15, -0.1) is 0 Å². The summed E-state index contributed by atoms with van der Waals surface area (Å²) in [4.78, 5) is 15.8. The van der Waals surface area contributed by atoms with Crippen LogP contribution < -0.4 is 14.9 Å². The fourth-order valence-corrected chi connectivity index (χ4v) is 2.61. The van der Waals surface area contributed by atoms with E-state index in [0.29, 0.717) is 41.4 Å². The Balaban J connectivity index is 2.09. The molecule has 0 aliphatic carbocycles.